The van der Waals surface area contributed by atoms with Crippen LogP contribution in [0.5, 0.6) is 5.75 Å². The van der Waals surface area contributed by atoms with Crippen LogP contribution in [0, 0.1) is 0 Å². The summed E-state index contributed by atoms with van der Waals surface area (Å²) in [7, 11) is 0. The van der Waals surface area contributed by atoms with Crippen molar-refractivity contribution >= 4 is 11.9 Å². The van der Waals surface area contributed by atoms with Gasteiger partial charge >= 0.3 is 0 Å². The zero-order valence-corrected chi connectivity index (χ0v) is 13.7. The second kappa shape index (κ2) is 6.73. The SMILES string of the molecule is O=C1/C(=C/c2ccccc2OCc2cccnc2)Cc2ccccc21. The van der Waals surface area contributed by atoms with Crippen molar-refractivity contribution in [2.45, 2.75) is 13.0 Å². The third kappa shape index (κ3) is 3.22. The molecule has 0 amide bonds. The zero-order chi connectivity index (χ0) is 17.1. The van der Waals surface area contributed by atoms with Crippen molar-refractivity contribution in [3.63, 3.8) is 0 Å². The average molecular weight is 327 g/mol. The predicted molar refractivity (Wildman–Crippen MR) is 97.5 cm³/mol. The standard InChI is InChI=1S/C22H17NO2/c24-22-19(12-17-7-1-3-9-20(17)22)13-18-8-2-4-10-21(18)25-15-16-6-5-11-23-14-16/h1-11,13-14H,12,15H2/b19-13+. The van der Waals surface area contributed by atoms with E-state index in [1.807, 2.05) is 66.7 Å². The Morgan fingerprint density at radius 3 is 2.68 bits per heavy atom. The van der Waals surface area contributed by atoms with E-state index < -0.39 is 0 Å². The topological polar surface area (TPSA) is 39.2 Å². The minimum absolute atomic E-state index is 0.109. The molecule has 3 aromatic rings. The molecule has 1 aromatic heterocycles. The molecule has 0 unspecified atom stereocenters. The predicted octanol–water partition coefficient (Wildman–Crippen LogP) is 4.48. The van der Waals surface area contributed by atoms with Gasteiger partial charge in [-0.15, -0.1) is 0 Å². The van der Waals surface area contributed by atoms with Crippen LogP contribution in [0.1, 0.15) is 27.0 Å². The number of benzene rings is 2. The van der Waals surface area contributed by atoms with Crippen molar-refractivity contribution in [2.75, 3.05) is 0 Å². The minimum atomic E-state index is 0.109. The first-order valence-corrected chi connectivity index (χ1v) is 8.25. The van der Waals surface area contributed by atoms with E-state index in [0.717, 1.165) is 33.6 Å². The number of hydrogen-bond donors (Lipinski definition) is 0. The van der Waals surface area contributed by atoms with Crippen molar-refractivity contribution in [3.8, 4) is 5.75 Å². The molecule has 0 fully saturated rings. The number of Topliss-reactive ketones (excluding diaryl/α,β-unsaturated/α-hetero) is 1. The summed E-state index contributed by atoms with van der Waals surface area (Å²) >= 11 is 0. The van der Waals surface area contributed by atoms with Crippen molar-refractivity contribution in [2.24, 2.45) is 0 Å². The summed E-state index contributed by atoms with van der Waals surface area (Å²) < 4.78 is 5.95. The van der Waals surface area contributed by atoms with Crippen LogP contribution in [0.15, 0.2) is 78.6 Å². The van der Waals surface area contributed by atoms with Crippen LogP contribution >= 0.6 is 0 Å². The highest BCUT2D eigenvalue weighted by atomic mass is 16.5. The normalized spacial score (nSPS) is 14.6. The highest BCUT2D eigenvalue weighted by molar-refractivity contribution is 6.15. The lowest BCUT2D eigenvalue weighted by Crippen LogP contribution is -1.99. The van der Waals surface area contributed by atoms with Crippen LogP contribution in [0.2, 0.25) is 0 Å². The lowest BCUT2D eigenvalue weighted by molar-refractivity contribution is 0.104. The maximum absolute atomic E-state index is 12.6. The van der Waals surface area contributed by atoms with Crippen LogP contribution in [0.25, 0.3) is 6.08 Å². The van der Waals surface area contributed by atoms with E-state index in [-0.39, 0.29) is 5.78 Å². The molecule has 4 rings (SSSR count). The van der Waals surface area contributed by atoms with Gasteiger partial charge in [-0.1, -0.05) is 48.5 Å². The summed E-state index contributed by atoms with van der Waals surface area (Å²) in [5, 5.41) is 0. The maximum atomic E-state index is 12.6. The summed E-state index contributed by atoms with van der Waals surface area (Å²) in [6.45, 7) is 0.447. The minimum Gasteiger partial charge on any atom is -0.488 e. The smallest absolute Gasteiger partial charge is 0.189 e. The molecular weight excluding hydrogens is 310 g/mol. The molecule has 0 bridgehead atoms. The molecule has 3 heteroatoms. The van der Waals surface area contributed by atoms with Crippen molar-refractivity contribution in [1.29, 1.82) is 0 Å². The van der Waals surface area contributed by atoms with E-state index in [4.69, 9.17) is 4.74 Å². The number of nitrogens with zero attached hydrogens (tertiary/aromatic N) is 1. The molecule has 0 atom stereocenters. The molecule has 0 aliphatic heterocycles. The maximum Gasteiger partial charge on any atom is 0.189 e. The van der Waals surface area contributed by atoms with Crippen molar-refractivity contribution in [1.82, 2.24) is 4.98 Å². The van der Waals surface area contributed by atoms with E-state index in [2.05, 4.69) is 4.98 Å². The van der Waals surface area contributed by atoms with Gasteiger partial charge in [-0.2, -0.15) is 0 Å². The zero-order valence-electron chi connectivity index (χ0n) is 13.7. The molecule has 122 valence electrons. The van der Waals surface area contributed by atoms with Gasteiger partial charge in [0.15, 0.2) is 5.78 Å². The van der Waals surface area contributed by atoms with Crippen LogP contribution < -0.4 is 4.74 Å². The Kier molecular flexibility index (Phi) is 4.13. The average Bonchev–Trinajstić information content (AvgIpc) is 2.98. The number of pyridine rings is 1. The van der Waals surface area contributed by atoms with Crippen molar-refractivity contribution < 1.29 is 9.53 Å². The van der Waals surface area contributed by atoms with Gasteiger partial charge < -0.3 is 4.74 Å². The quantitative estimate of drug-likeness (QED) is 0.663. The summed E-state index contributed by atoms with van der Waals surface area (Å²) in [5.41, 5.74) is 4.63. The Labute approximate surface area is 146 Å². The first kappa shape index (κ1) is 15.3. The lowest BCUT2D eigenvalue weighted by Gasteiger charge is -2.09. The Balaban J connectivity index is 1.59. The molecule has 1 aliphatic rings. The number of hydrogen-bond acceptors (Lipinski definition) is 3. The van der Waals surface area contributed by atoms with Crippen molar-refractivity contribution in [3.05, 3.63) is 101 Å². The number of allylic oxidation sites excluding steroid dienone is 1. The van der Waals surface area contributed by atoms with Gasteiger partial charge in [0, 0.05) is 41.1 Å². The fraction of sp³-hybridized carbons (Fsp3) is 0.0909. The molecule has 25 heavy (non-hydrogen) atoms. The number of fused-ring (bicyclic) bond motifs is 1. The molecule has 0 radical (unpaired) electrons. The van der Waals surface area contributed by atoms with Gasteiger partial charge in [0.2, 0.25) is 0 Å². The van der Waals surface area contributed by atoms with E-state index in [9.17, 15) is 4.79 Å². The summed E-state index contributed by atoms with van der Waals surface area (Å²) in [4.78, 5) is 16.7. The Bertz CT molecular complexity index is 945. The number of carbonyl (C=O) groups excluding carboxylic acids is 1. The van der Waals surface area contributed by atoms with E-state index in [1.165, 1.54) is 0 Å². The second-order valence-corrected chi connectivity index (χ2v) is 6.02. The van der Waals surface area contributed by atoms with Gasteiger partial charge in [0.05, 0.1) is 0 Å². The Hall–Kier alpha value is -3.20. The number of para-hydroxylation sites is 1. The molecule has 0 saturated heterocycles. The monoisotopic (exact) mass is 327 g/mol. The first-order chi connectivity index (χ1) is 12.3. The number of carbonyl (C=O) groups is 1. The number of rotatable bonds is 4. The second-order valence-electron chi connectivity index (χ2n) is 6.02. The Morgan fingerprint density at radius 1 is 1.00 bits per heavy atom. The Morgan fingerprint density at radius 2 is 1.84 bits per heavy atom. The molecule has 0 spiro atoms. The molecule has 2 aromatic carbocycles. The number of ether oxygens (including phenoxy) is 1. The van der Waals surface area contributed by atoms with Gasteiger partial charge in [0.1, 0.15) is 12.4 Å². The number of ketones is 1. The van der Waals surface area contributed by atoms with Gasteiger partial charge in [-0.25, -0.2) is 0 Å². The van der Waals surface area contributed by atoms with Crippen LogP contribution in [-0.2, 0) is 13.0 Å². The summed E-state index contributed by atoms with van der Waals surface area (Å²) in [6.07, 6.45) is 6.15. The third-order valence-corrected chi connectivity index (χ3v) is 4.30. The molecule has 1 heterocycles. The summed E-state index contributed by atoms with van der Waals surface area (Å²) in [5.74, 6) is 0.875. The molecule has 1 aliphatic carbocycles. The van der Waals surface area contributed by atoms with E-state index in [1.54, 1.807) is 12.4 Å². The fourth-order valence-electron chi connectivity index (χ4n) is 3.03. The van der Waals surface area contributed by atoms with E-state index >= 15 is 0 Å². The molecule has 0 N–H and O–H groups in total. The van der Waals surface area contributed by atoms with Crippen LogP contribution in [0.4, 0.5) is 0 Å². The largest absolute Gasteiger partial charge is 0.488 e. The fourth-order valence-corrected chi connectivity index (χ4v) is 3.03. The lowest BCUT2D eigenvalue weighted by atomic mass is 10.1. The van der Waals surface area contributed by atoms with Gasteiger partial charge in [-0.3, -0.25) is 9.78 Å². The number of aromatic nitrogens is 1. The highest BCUT2D eigenvalue weighted by Gasteiger charge is 2.24. The van der Waals surface area contributed by atoms with Gasteiger partial charge in [0.25, 0.3) is 0 Å². The molecule has 3 nitrogen and oxygen atoms in total. The van der Waals surface area contributed by atoms with Crippen LogP contribution in [0.3, 0.4) is 0 Å². The van der Waals surface area contributed by atoms with Crippen LogP contribution in [-0.4, -0.2) is 10.8 Å². The first-order valence-electron chi connectivity index (χ1n) is 8.25. The molecular formula is C22H17NO2. The van der Waals surface area contributed by atoms with E-state index in [0.29, 0.717) is 13.0 Å². The van der Waals surface area contributed by atoms with Gasteiger partial charge in [-0.05, 0) is 23.8 Å². The molecule has 0 saturated carbocycles. The third-order valence-electron chi connectivity index (χ3n) is 4.30. The highest BCUT2D eigenvalue weighted by Crippen LogP contribution is 2.30. The summed E-state index contributed by atoms with van der Waals surface area (Å²) in [6, 6.07) is 19.4.